The summed E-state index contributed by atoms with van der Waals surface area (Å²) >= 11 is 0. The van der Waals surface area contributed by atoms with Crippen LogP contribution < -0.4 is 5.73 Å². The molecule has 0 amide bonds. The third-order valence-electron chi connectivity index (χ3n) is 4.27. The highest BCUT2D eigenvalue weighted by Crippen LogP contribution is 2.29. The minimum atomic E-state index is 0.0263. The van der Waals surface area contributed by atoms with Gasteiger partial charge in [0.25, 0.3) is 0 Å². The molecule has 1 fully saturated rings. The maximum Gasteiger partial charge on any atom is 0.0602 e. The molecule has 3 heteroatoms. The summed E-state index contributed by atoms with van der Waals surface area (Å²) < 4.78 is 0. The van der Waals surface area contributed by atoms with Crippen LogP contribution in [-0.2, 0) is 0 Å². The Morgan fingerprint density at radius 3 is 2.29 bits per heavy atom. The molecule has 0 saturated carbocycles. The molecule has 1 aliphatic rings. The topological polar surface area (TPSA) is 49.5 Å². The molecule has 3 unspecified atom stereocenters. The van der Waals surface area contributed by atoms with Crippen molar-refractivity contribution in [1.82, 2.24) is 4.90 Å². The van der Waals surface area contributed by atoms with Gasteiger partial charge in [0.05, 0.1) is 6.61 Å². The van der Waals surface area contributed by atoms with Gasteiger partial charge in [-0.3, -0.25) is 4.90 Å². The normalized spacial score (nSPS) is 26.5. The van der Waals surface area contributed by atoms with Gasteiger partial charge in [-0.25, -0.2) is 0 Å². The van der Waals surface area contributed by atoms with Crippen LogP contribution in [0.3, 0.4) is 0 Å². The third kappa shape index (κ3) is 3.67. The molecular formula is C14H30N2O. The molecule has 1 heterocycles. The van der Waals surface area contributed by atoms with E-state index in [0.717, 1.165) is 24.9 Å². The summed E-state index contributed by atoms with van der Waals surface area (Å²) in [6.45, 7) is 13.4. The van der Waals surface area contributed by atoms with Crippen molar-refractivity contribution < 1.29 is 5.11 Å². The minimum Gasteiger partial charge on any atom is -0.395 e. The lowest BCUT2D eigenvalue weighted by Crippen LogP contribution is -2.55. The Labute approximate surface area is 106 Å². The predicted molar refractivity (Wildman–Crippen MR) is 72.8 cm³/mol. The van der Waals surface area contributed by atoms with Gasteiger partial charge in [-0.2, -0.15) is 0 Å². The molecule has 0 aromatic rings. The first-order valence-electron chi connectivity index (χ1n) is 6.88. The Bertz CT molecular complexity index is 235. The van der Waals surface area contributed by atoms with Crippen LogP contribution in [0.25, 0.3) is 0 Å². The fourth-order valence-corrected chi connectivity index (χ4v) is 2.69. The van der Waals surface area contributed by atoms with Crippen molar-refractivity contribution in [3.05, 3.63) is 0 Å². The second kappa shape index (κ2) is 5.68. The number of rotatable bonds is 4. The molecule has 0 aliphatic carbocycles. The summed E-state index contributed by atoms with van der Waals surface area (Å²) in [6, 6.07) is 0.136. The number of nitrogens with zero attached hydrogens (tertiary/aromatic N) is 1. The fraction of sp³-hybridized carbons (Fsp3) is 1.00. The van der Waals surface area contributed by atoms with E-state index < -0.39 is 0 Å². The van der Waals surface area contributed by atoms with E-state index in [4.69, 9.17) is 5.73 Å². The van der Waals surface area contributed by atoms with Crippen molar-refractivity contribution in [3.8, 4) is 0 Å². The van der Waals surface area contributed by atoms with Crippen LogP contribution in [0.15, 0.2) is 0 Å². The van der Waals surface area contributed by atoms with E-state index in [1.165, 1.54) is 6.42 Å². The van der Waals surface area contributed by atoms with Crippen LogP contribution in [0.5, 0.6) is 0 Å². The van der Waals surface area contributed by atoms with Crippen molar-refractivity contribution in [3.63, 3.8) is 0 Å². The van der Waals surface area contributed by atoms with Crippen molar-refractivity contribution in [1.29, 1.82) is 0 Å². The van der Waals surface area contributed by atoms with Gasteiger partial charge >= 0.3 is 0 Å². The van der Waals surface area contributed by atoms with Crippen molar-refractivity contribution >= 4 is 0 Å². The van der Waals surface area contributed by atoms with Crippen LogP contribution in [0.4, 0.5) is 0 Å². The maximum atomic E-state index is 9.62. The largest absolute Gasteiger partial charge is 0.395 e. The lowest BCUT2D eigenvalue weighted by atomic mass is 9.82. The Morgan fingerprint density at radius 1 is 1.35 bits per heavy atom. The summed E-state index contributed by atoms with van der Waals surface area (Å²) in [6.07, 6.45) is 1.24. The zero-order chi connectivity index (χ0) is 13.2. The Morgan fingerprint density at radius 2 is 1.94 bits per heavy atom. The maximum absolute atomic E-state index is 9.62. The number of hydrogen-bond acceptors (Lipinski definition) is 3. The van der Waals surface area contributed by atoms with Crippen molar-refractivity contribution in [2.24, 2.45) is 23.0 Å². The van der Waals surface area contributed by atoms with Gasteiger partial charge in [0.2, 0.25) is 0 Å². The SMILES string of the molecule is CC(C)C1CCN(C(CO)C(N)C(C)(C)C)C1. The zero-order valence-electron chi connectivity index (χ0n) is 12.1. The van der Waals surface area contributed by atoms with Gasteiger partial charge in [0.1, 0.15) is 0 Å². The second-order valence-corrected chi connectivity index (χ2v) is 6.93. The fourth-order valence-electron chi connectivity index (χ4n) is 2.69. The molecule has 0 radical (unpaired) electrons. The van der Waals surface area contributed by atoms with Crippen LogP contribution in [0.1, 0.15) is 41.0 Å². The van der Waals surface area contributed by atoms with Crippen LogP contribution in [0, 0.1) is 17.3 Å². The molecule has 1 rings (SSSR count). The molecule has 17 heavy (non-hydrogen) atoms. The quantitative estimate of drug-likeness (QED) is 0.789. The van der Waals surface area contributed by atoms with E-state index in [1.807, 2.05) is 0 Å². The zero-order valence-corrected chi connectivity index (χ0v) is 12.1. The molecule has 0 spiro atoms. The van der Waals surface area contributed by atoms with Crippen molar-refractivity contribution in [2.75, 3.05) is 19.7 Å². The van der Waals surface area contributed by atoms with Gasteiger partial charge in [-0.05, 0) is 30.2 Å². The highest BCUT2D eigenvalue weighted by Gasteiger charge is 2.36. The van der Waals surface area contributed by atoms with Gasteiger partial charge in [-0.1, -0.05) is 34.6 Å². The predicted octanol–water partition coefficient (Wildman–Crippen LogP) is 1.70. The van der Waals surface area contributed by atoms with E-state index in [-0.39, 0.29) is 24.1 Å². The monoisotopic (exact) mass is 242 g/mol. The second-order valence-electron chi connectivity index (χ2n) is 6.93. The Balaban J connectivity index is 2.64. The van der Waals surface area contributed by atoms with Gasteiger partial charge < -0.3 is 10.8 Å². The Kier molecular flexibility index (Phi) is 4.99. The van der Waals surface area contributed by atoms with Gasteiger partial charge in [-0.15, -0.1) is 0 Å². The molecule has 0 aromatic carbocycles. The molecule has 1 saturated heterocycles. The van der Waals surface area contributed by atoms with E-state index in [1.54, 1.807) is 0 Å². The van der Waals surface area contributed by atoms with Gasteiger partial charge in [0.15, 0.2) is 0 Å². The number of aliphatic hydroxyl groups excluding tert-OH is 1. The summed E-state index contributed by atoms with van der Waals surface area (Å²) in [5.74, 6) is 1.49. The molecule has 0 bridgehead atoms. The number of nitrogens with two attached hydrogens (primary N) is 1. The first-order valence-corrected chi connectivity index (χ1v) is 6.88. The molecule has 0 aromatic heterocycles. The molecule has 3 nitrogen and oxygen atoms in total. The molecule has 102 valence electrons. The number of likely N-dealkylation sites (tertiary alicyclic amines) is 1. The standard InChI is InChI=1S/C14H30N2O/c1-10(2)11-6-7-16(8-11)12(9-17)13(15)14(3,4)5/h10-13,17H,6-9,15H2,1-5H3. The highest BCUT2D eigenvalue weighted by molar-refractivity contribution is 4.93. The van der Waals surface area contributed by atoms with Gasteiger partial charge in [0, 0.05) is 18.6 Å². The first-order chi connectivity index (χ1) is 7.77. The molecule has 1 aliphatic heterocycles. The van der Waals surface area contributed by atoms with E-state index >= 15 is 0 Å². The van der Waals surface area contributed by atoms with Crippen LogP contribution >= 0.6 is 0 Å². The summed E-state index contributed by atoms with van der Waals surface area (Å²) in [4.78, 5) is 2.39. The van der Waals surface area contributed by atoms with E-state index in [2.05, 4.69) is 39.5 Å². The third-order valence-corrected chi connectivity index (χ3v) is 4.27. The average Bonchev–Trinajstić information content (AvgIpc) is 2.66. The van der Waals surface area contributed by atoms with E-state index in [9.17, 15) is 5.11 Å². The Hall–Kier alpha value is -0.120. The van der Waals surface area contributed by atoms with E-state index in [0.29, 0.717) is 0 Å². The van der Waals surface area contributed by atoms with Crippen LogP contribution in [0.2, 0.25) is 0 Å². The summed E-state index contributed by atoms with van der Waals surface area (Å²) in [5.41, 5.74) is 6.35. The van der Waals surface area contributed by atoms with Crippen molar-refractivity contribution in [2.45, 2.75) is 53.1 Å². The molecule has 3 N–H and O–H groups in total. The lowest BCUT2D eigenvalue weighted by molar-refractivity contribution is 0.0834. The number of hydrogen-bond donors (Lipinski definition) is 2. The summed E-state index contributed by atoms with van der Waals surface area (Å²) in [7, 11) is 0. The smallest absolute Gasteiger partial charge is 0.0602 e. The minimum absolute atomic E-state index is 0.0263. The summed E-state index contributed by atoms with van der Waals surface area (Å²) in [5, 5.41) is 9.62. The van der Waals surface area contributed by atoms with Crippen LogP contribution in [-0.4, -0.2) is 41.8 Å². The first kappa shape index (κ1) is 14.9. The average molecular weight is 242 g/mol. The highest BCUT2D eigenvalue weighted by atomic mass is 16.3. The number of aliphatic hydroxyl groups is 1. The molecular weight excluding hydrogens is 212 g/mol. The molecule has 3 atom stereocenters. The lowest BCUT2D eigenvalue weighted by Gasteiger charge is -2.38.